The van der Waals surface area contributed by atoms with Gasteiger partial charge in [0.1, 0.15) is 12.4 Å². The Hall–Kier alpha value is -2.79. The van der Waals surface area contributed by atoms with Gasteiger partial charge in [-0.3, -0.25) is 4.79 Å². The van der Waals surface area contributed by atoms with Gasteiger partial charge in [0.05, 0.1) is 10.0 Å². The van der Waals surface area contributed by atoms with Crippen LogP contribution in [0.1, 0.15) is 36.0 Å². The molecular weight excluding hydrogens is 479 g/mol. The van der Waals surface area contributed by atoms with Crippen LogP contribution in [0.5, 0.6) is 5.75 Å². The maximum absolute atomic E-state index is 13.9. The second kappa shape index (κ2) is 10.9. The summed E-state index contributed by atoms with van der Waals surface area (Å²) in [5, 5.41) is 4.42. The van der Waals surface area contributed by atoms with Crippen LogP contribution in [0.2, 0.25) is 10.0 Å². The number of carbonyl (C=O) groups is 1. The first-order valence-corrected chi connectivity index (χ1v) is 12.8. The standard InChI is InChI=1S/C29H28Cl2N2O2/c30-27-11-5-9-22(28(27)31)18-33(23-12-13-23)29(34)26-17-32-15-14-25(26)21-8-4-10-24(16-21)35-19-20-6-2-1-3-7-20/h1-11,16,23,32H,12-15,17-19H2. The molecule has 1 aliphatic heterocycles. The number of hydrogen-bond donors (Lipinski definition) is 1. The highest BCUT2D eigenvalue weighted by Gasteiger charge is 2.35. The van der Waals surface area contributed by atoms with Crippen molar-refractivity contribution in [2.24, 2.45) is 0 Å². The SMILES string of the molecule is O=C(C1=C(c2cccc(OCc3ccccc3)c2)CCNC1)N(Cc1cccc(Cl)c1Cl)C1CC1. The Morgan fingerprint density at radius 3 is 2.60 bits per heavy atom. The number of nitrogens with one attached hydrogen (secondary N) is 1. The molecule has 0 aromatic heterocycles. The summed E-state index contributed by atoms with van der Waals surface area (Å²) in [5.41, 5.74) is 4.94. The number of hydrogen-bond acceptors (Lipinski definition) is 3. The first-order valence-electron chi connectivity index (χ1n) is 12.0. The summed E-state index contributed by atoms with van der Waals surface area (Å²) in [6.45, 7) is 2.35. The fourth-order valence-corrected chi connectivity index (χ4v) is 4.88. The topological polar surface area (TPSA) is 41.6 Å². The Bertz CT molecular complexity index is 1240. The van der Waals surface area contributed by atoms with Crippen LogP contribution in [0, 0.1) is 0 Å². The number of rotatable bonds is 8. The predicted octanol–water partition coefficient (Wildman–Crippen LogP) is 6.51. The summed E-state index contributed by atoms with van der Waals surface area (Å²) < 4.78 is 6.06. The smallest absolute Gasteiger partial charge is 0.251 e. The van der Waals surface area contributed by atoms with Crippen LogP contribution in [0.3, 0.4) is 0 Å². The third kappa shape index (κ3) is 5.72. The number of benzene rings is 3. The molecule has 35 heavy (non-hydrogen) atoms. The van der Waals surface area contributed by atoms with E-state index in [0.717, 1.165) is 59.4 Å². The molecular formula is C29H28Cl2N2O2. The molecule has 180 valence electrons. The molecule has 1 amide bonds. The fraction of sp³-hybridized carbons (Fsp3) is 0.276. The van der Waals surface area contributed by atoms with E-state index >= 15 is 0 Å². The first-order chi connectivity index (χ1) is 17.1. The van der Waals surface area contributed by atoms with Gasteiger partial charge in [-0.1, -0.05) is 77.8 Å². The third-order valence-electron chi connectivity index (χ3n) is 6.53. The van der Waals surface area contributed by atoms with Gasteiger partial charge in [-0.05, 0) is 66.3 Å². The molecule has 0 radical (unpaired) electrons. The van der Waals surface area contributed by atoms with E-state index in [-0.39, 0.29) is 11.9 Å². The normalized spacial score (nSPS) is 15.7. The van der Waals surface area contributed by atoms with Gasteiger partial charge in [0.2, 0.25) is 0 Å². The minimum Gasteiger partial charge on any atom is -0.489 e. The molecule has 3 aromatic rings. The average Bonchev–Trinajstić information content (AvgIpc) is 3.74. The highest BCUT2D eigenvalue weighted by atomic mass is 35.5. The van der Waals surface area contributed by atoms with Gasteiger partial charge >= 0.3 is 0 Å². The maximum atomic E-state index is 13.9. The first kappa shape index (κ1) is 23.9. The van der Waals surface area contributed by atoms with E-state index in [9.17, 15) is 4.79 Å². The van der Waals surface area contributed by atoms with Gasteiger partial charge in [-0.25, -0.2) is 0 Å². The second-order valence-corrected chi connectivity index (χ2v) is 9.85. The Morgan fingerprint density at radius 2 is 1.80 bits per heavy atom. The van der Waals surface area contributed by atoms with Crippen molar-refractivity contribution < 1.29 is 9.53 Å². The number of nitrogens with zero attached hydrogens (tertiary/aromatic N) is 1. The van der Waals surface area contributed by atoms with Crippen LogP contribution in [-0.4, -0.2) is 29.9 Å². The molecule has 0 bridgehead atoms. The zero-order valence-corrected chi connectivity index (χ0v) is 21.0. The third-order valence-corrected chi connectivity index (χ3v) is 7.39. The molecule has 2 aliphatic rings. The van der Waals surface area contributed by atoms with E-state index in [1.54, 1.807) is 6.07 Å². The van der Waals surface area contributed by atoms with Crippen LogP contribution < -0.4 is 10.1 Å². The van der Waals surface area contributed by atoms with Gasteiger partial charge in [0, 0.05) is 24.7 Å². The van der Waals surface area contributed by atoms with Gasteiger partial charge in [0.25, 0.3) is 5.91 Å². The highest BCUT2D eigenvalue weighted by Crippen LogP contribution is 2.35. The summed E-state index contributed by atoms with van der Waals surface area (Å²) in [6, 6.07) is 24.0. The second-order valence-electron chi connectivity index (χ2n) is 9.06. The molecule has 0 unspecified atom stereocenters. The van der Waals surface area contributed by atoms with Crippen molar-refractivity contribution in [1.29, 1.82) is 0 Å². The number of amides is 1. The molecule has 6 heteroatoms. The summed E-state index contributed by atoms with van der Waals surface area (Å²) >= 11 is 12.7. The molecule has 0 spiro atoms. The Morgan fingerprint density at radius 1 is 1.00 bits per heavy atom. The minimum atomic E-state index is 0.0707. The van der Waals surface area contributed by atoms with Gasteiger partial charge < -0.3 is 15.0 Å². The van der Waals surface area contributed by atoms with Crippen molar-refractivity contribution >= 4 is 34.7 Å². The van der Waals surface area contributed by atoms with Crippen LogP contribution in [0.4, 0.5) is 0 Å². The molecule has 0 saturated heterocycles. The molecule has 0 atom stereocenters. The fourth-order valence-electron chi connectivity index (χ4n) is 4.50. The zero-order chi connectivity index (χ0) is 24.2. The molecule has 4 nitrogen and oxygen atoms in total. The molecule has 5 rings (SSSR count). The molecule has 1 aliphatic carbocycles. The lowest BCUT2D eigenvalue weighted by atomic mass is 9.93. The van der Waals surface area contributed by atoms with Crippen molar-refractivity contribution in [2.75, 3.05) is 13.1 Å². The maximum Gasteiger partial charge on any atom is 0.251 e. The summed E-state index contributed by atoms with van der Waals surface area (Å²) in [4.78, 5) is 15.8. The summed E-state index contributed by atoms with van der Waals surface area (Å²) in [5.74, 6) is 0.871. The summed E-state index contributed by atoms with van der Waals surface area (Å²) in [7, 11) is 0. The van der Waals surface area contributed by atoms with E-state index < -0.39 is 0 Å². The molecule has 1 saturated carbocycles. The number of halogens is 2. The largest absolute Gasteiger partial charge is 0.489 e. The minimum absolute atomic E-state index is 0.0707. The van der Waals surface area contributed by atoms with Crippen molar-refractivity contribution in [3.8, 4) is 5.75 Å². The van der Waals surface area contributed by atoms with Gasteiger partial charge in [-0.15, -0.1) is 0 Å². The van der Waals surface area contributed by atoms with Crippen LogP contribution >= 0.6 is 23.2 Å². The van der Waals surface area contributed by atoms with E-state index in [1.165, 1.54) is 0 Å². The highest BCUT2D eigenvalue weighted by molar-refractivity contribution is 6.42. The van der Waals surface area contributed by atoms with E-state index in [2.05, 4.69) is 23.5 Å². The lowest BCUT2D eigenvalue weighted by Crippen LogP contribution is -2.39. The van der Waals surface area contributed by atoms with Crippen molar-refractivity contribution in [3.63, 3.8) is 0 Å². The zero-order valence-electron chi connectivity index (χ0n) is 19.5. The van der Waals surface area contributed by atoms with E-state index in [1.807, 2.05) is 53.4 Å². The number of carbonyl (C=O) groups excluding carboxylic acids is 1. The van der Waals surface area contributed by atoms with Crippen LogP contribution in [0.15, 0.2) is 78.4 Å². The monoisotopic (exact) mass is 506 g/mol. The molecule has 1 N–H and O–H groups in total. The van der Waals surface area contributed by atoms with Crippen LogP contribution in [0.25, 0.3) is 5.57 Å². The molecule has 1 heterocycles. The molecule has 1 fully saturated rings. The van der Waals surface area contributed by atoms with Crippen molar-refractivity contribution in [3.05, 3.63) is 105 Å². The van der Waals surface area contributed by atoms with Crippen LogP contribution in [-0.2, 0) is 17.9 Å². The lowest BCUT2D eigenvalue weighted by Gasteiger charge is -2.28. The quantitative estimate of drug-likeness (QED) is 0.378. The van der Waals surface area contributed by atoms with Crippen molar-refractivity contribution in [2.45, 2.75) is 38.5 Å². The Labute approximate surface area is 216 Å². The Balaban J connectivity index is 1.40. The Kier molecular flexibility index (Phi) is 7.43. The van der Waals surface area contributed by atoms with E-state index in [4.69, 9.17) is 27.9 Å². The summed E-state index contributed by atoms with van der Waals surface area (Å²) in [6.07, 6.45) is 2.82. The van der Waals surface area contributed by atoms with Crippen molar-refractivity contribution in [1.82, 2.24) is 10.2 Å². The average molecular weight is 507 g/mol. The van der Waals surface area contributed by atoms with Gasteiger partial charge in [-0.2, -0.15) is 0 Å². The lowest BCUT2D eigenvalue weighted by molar-refractivity contribution is -0.128. The predicted molar refractivity (Wildman–Crippen MR) is 142 cm³/mol. The number of ether oxygens (including phenoxy) is 1. The molecule has 3 aromatic carbocycles. The van der Waals surface area contributed by atoms with Gasteiger partial charge in [0.15, 0.2) is 0 Å². The van der Waals surface area contributed by atoms with E-state index in [0.29, 0.717) is 29.7 Å².